The molecule has 0 saturated heterocycles. The summed E-state index contributed by atoms with van der Waals surface area (Å²) in [6.45, 7) is -0.163. The number of amides is 1. The maximum Gasteiger partial charge on any atom is 0.287 e. The van der Waals surface area contributed by atoms with Gasteiger partial charge in [-0.3, -0.25) is 25.8 Å². The molecule has 2 rings (SSSR count). The number of nitro groups is 1. The molecular weight excluding hydrogens is 276 g/mol. The molecule has 21 heavy (non-hydrogen) atoms. The Morgan fingerprint density at radius 3 is 2.62 bits per heavy atom. The zero-order valence-electron chi connectivity index (χ0n) is 10.9. The van der Waals surface area contributed by atoms with Crippen LogP contribution in [0, 0.1) is 10.1 Å². The van der Waals surface area contributed by atoms with E-state index in [0.717, 1.165) is 6.20 Å². The minimum Gasteiger partial charge on any atom is -0.484 e. The predicted molar refractivity (Wildman–Crippen MR) is 74.6 cm³/mol. The van der Waals surface area contributed by atoms with Crippen LogP contribution in [0.1, 0.15) is 0 Å². The molecule has 0 spiro atoms. The Labute approximate surface area is 119 Å². The van der Waals surface area contributed by atoms with Gasteiger partial charge in [0.15, 0.2) is 6.61 Å². The second-order valence-corrected chi connectivity index (χ2v) is 3.93. The summed E-state index contributed by atoms with van der Waals surface area (Å²) < 4.78 is 5.25. The molecule has 1 heterocycles. The van der Waals surface area contributed by atoms with Crippen molar-refractivity contribution in [3.8, 4) is 5.75 Å². The number of para-hydroxylation sites is 1. The molecule has 0 aliphatic rings. The van der Waals surface area contributed by atoms with Gasteiger partial charge in [-0.25, -0.2) is 4.98 Å². The Bertz CT molecular complexity index is 616. The van der Waals surface area contributed by atoms with E-state index >= 15 is 0 Å². The number of hydrazine groups is 1. The fourth-order valence-corrected chi connectivity index (χ4v) is 1.40. The third kappa shape index (κ3) is 4.46. The number of aromatic nitrogens is 1. The highest BCUT2D eigenvalue weighted by Crippen LogP contribution is 2.11. The van der Waals surface area contributed by atoms with E-state index in [9.17, 15) is 14.9 Å². The van der Waals surface area contributed by atoms with Gasteiger partial charge in [0, 0.05) is 6.07 Å². The van der Waals surface area contributed by atoms with Crippen LogP contribution in [0.15, 0.2) is 48.7 Å². The van der Waals surface area contributed by atoms with E-state index < -0.39 is 10.8 Å². The number of nitrogens with zero attached hydrogens (tertiary/aromatic N) is 2. The van der Waals surface area contributed by atoms with Crippen molar-refractivity contribution in [3.63, 3.8) is 0 Å². The molecule has 2 N–H and O–H groups in total. The van der Waals surface area contributed by atoms with E-state index in [1.807, 2.05) is 6.07 Å². The Morgan fingerprint density at radius 1 is 1.24 bits per heavy atom. The zero-order chi connectivity index (χ0) is 15.1. The SMILES string of the molecule is O=C(COc1ccccc1)NNc1ccc([N+](=O)[O-])cn1. The summed E-state index contributed by atoms with van der Waals surface area (Å²) in [5.74, 6) is 0.466. The molecule has 8 heteroatoms. The molecule has 2 aromatic rings. The van der Waals surface area contributed by atoms with Crippen molar-refractivity contribution in [2.75, 3.05) is 12.0 Å². The molecule has 1 amide bonds. The normalized spacial score (nSPS) is 9.71. The first-order chi connectivity index (χ1) is 10.1. The topological polar surface area (TPSA) is 106 Å². The van der Waals surface area contributed by atoms with Crippen LogP contribution in [-0.2, 0) is 4.79 Å². The average molecular weight is 288 g/mol. The Balaban J connectivity index is 1.77. The number of hydrogen-bond donors (Lipinski definition) is 2. The lowest BCUT2D eigenvalue weighted by atomic mass is 10.3. The monoisotopic (exact) mass is 288 g/mol. The van der Waals surface area contributed by atoms with Crippen molar-refractivity contribution >= 4 is 17.4 Å². The van der Waals surface area contributed by atoms with Gasteiger partial charge in [-0.15, -0.1) is 0 Å². The van der Waals surface area contributed by atoms with Gasteiger partial charge in [0.05, 0.1) is 4.92 Å². The number of carbonyl (C=O) groups is 1. The van der Waals surface area contributed by atoms with E-state index in [1.54, 1.807) is 24.3 Å². The molecule has 1 aromatic heterocycles. The summed E-state index contributed by atoms with van der Waals surface area (Å²) in [5, 5.41) is 10.5. The standard InChI is InChI=1S/C13H12N4O4/c18-13(9-21-11-4-2-1-3-5-11)16-15-12-7-6-10(8-14-12)17(19)20/h1-8H,9H2,(H,14,15)(H,16,18). The summed E-state index contributed by atoms with van der Waals surface area (Å²) in [6.07, 6.45) is 1.09. The van der Waals surface area contributed by atoms with Gasteiger partial charge in [0.25, 0.3) is 11.6 Å². The highest BCUT2D eigenvalue weighted by molar-refractivity contribution is 5.78. The Hall–Kier alpha value is -3.16. The van der Waals surface area contributed by atoms with Crippen LogP contribution in [-0.4, -0.2) is 22.4 Å². The average Bonchev–Trinajstić information content (AvgIpc) is 2.52. The summed E-state index contributed by atoms with van der Waals surface area (Å²) in [7, 11) is 0. The van der Waals surface area contributed by atoms with Crippen molar-refractivity contribution in [1.29, 1.82) is 0 Å². The van der Waals surface area contributed by atoms with Crippen LogP contribution < -0.4 is 15.6 Å². The van der Waals surface area contributed by atoms with Gasteiger partial charge in [0.1, 0.15) is 17.8 Å². The number of nitrogens with one attached hydrogen (secondary N) is 2. The van der Waals surface area contributed by atoms with Gasteiger partial charge >= 0.3 is 0 Å². The number of ether oxygens (including phenoxy) is 1. The van der Waals surface area contributed by atoms with Crippen molar-refractivity contribution in [3.05, 3.63) is 58.8 Å². The summed E-state index contributed by atoms with van der Waals surface area (Å²) >= 11 is 0. The van der Waals surface area contributed by atoms with Gasteiger partial charge in [-0.05, 0) is 18.2 Å². The Morgan fingerprint density at radius 2 is 2.00 bits per heavy atom. The molecule has 0 aliphatic heterocycles. The maximum atomic E-state index is 11.5. The molecule has 1 aromatic carbocycles. The van der Waals surface area contributed by atoms with E-state index in [0.29, 0.717) is 5.75 Å². The van der Waals surface area contributed by atoms with E-state index in [2.05, 4.69) is 15.8 Å². The van der Waals surface area contributed by atoms with Gasteiger partial charge < -0.3 is 4.74 Å². The minimum atomic E-state index is -0.553. The minimum absolute atomic E-state index is 0.126. The van der Waals surface area contributed by atoms with Crippen LogP contribution in [0.4, 0.5) is 11.5 Å². The molecule has 0 fully saturated rings. The summed E-state index contributed by atoms with van der Waals surface area (Å²) in [6, 6.07) is 11.6. The van der Waals surface area contributed by atoms with Crippen molar-refractivity contribution in [2.24, 2.45) is 0 Å². The molecule has 0 saturated carbocycles. The largest absolute Gasteiger partial charge is 0.484 e. The van der Waals surface area contributed by atoms with Crippen LogP contribution in [0.25, 0.3) is 0 Å². The number of pyridine rings is 1. The van der Waals surface area contributed by atoms with E-state index in [-0.39, 0.29) is 18.1 Å². The van der Waals surface area contributed by atoms with Gasteiger partial charge in [-0.2, -0.15) is 0 Å². The first kappa shape index (κ1) is 14.3. The molecule has 8 nitrogen and oxygen atoms in total. The number of rotatable bonds is 6. The van der Waals surface area contributed by atoms with Gasteiger partial charge in [-0.1, -0.05) is 18.2 Å². The molecule has 0 unspecified atom stereocenters. The van der Waals surface area contributed by atoms with E-state index in [1.165, 1.54) is 12.1 Å². The fourth-order valence-electron chi connectivity index (χ4n) is 1.40. The number of hydrogen-bond acceptors (Lipinski definition) is 6. The van der Waals surface area contributed by atoms with Crippen LogP contribution in [0.5, 0.6) is 5.75 Å². The lowest BCUT2D eigenvalue weighted by Crippen LogP contribution is -2.33. The van der Waals surface area contributed by atoms with Crippen molar-refractivity contribution in [2.45, 2.75) is 0 Å². The third-order valence-corrected chi connectivity index (χ3v) is 2.40. The zero-order valence-corrected chi connectivity index (χ0v) is 10.9. The second-order valence-electron chi connectivity index (χ2n) is 3.93. The smallest absolute Gasteiger partial charge is 0.287 e. The van der Waals surface area contributed by atoms with Crippen molar-refractivity contribution < 1.29 is 14.5 Å². The molecule has 0 atom stereocenters. The molecule has 0 aliphatic carbocycles. The third-order valence-electron chi connectivity index (χ3n) is 2.40. The first-order valence-corrected chi connectivity index (χ1v) is 5.98. The number of benzene rings is 1. The van der Waals surface area contributed by atoms with Crippen LogP contribution in [0.2, 0.25) is 0 Å². The maximum absolute atomic E-state index is 11.5. The van der Waals surface area contributed by atoms with Crippen LogP contribution in [0.3, 0.4) is 0 Å². The van der Waals surface area contributed by atoms with Gasteiger partial charge in [0.2, 0.25) is 0 Å². The first-order valence-electron chi connectivity index (χ1n) is 5.98. The summed E-state index contributed by atoms with van der Waals surface area (Å²) in [5.41, 5.74) is 4.78. The fraction of sp³-hybridized carbons (Fsp3) is 0.0769. The molecular formula is C13H12N4O4. The molecule has 0 radical (unpaired) electrons. The Kier molecular flexibility index (Phi) is 4.65. The highest BCUT2D eigenvalue weighted by Gasteiger charge is 2.06. The van der Waals surface area contributed by atoms with E-state index in [4.69, 9.17) is 4.74 Å². The lowest BCUT2D eigenvalue weighted by molar-refractivity contribution is -0.385. The molecule has 0 bridgehead atoms. The summed E-state index contributed by atoms with van der Waals surface area (Å²) in [4.78, 5) is 25.2. The lowest BCUT2D eigenvalue weighted by Gasteiger charge is -2.08. The van der Waals surface area contributed by atoms with Crippen LogP contribution >= 0.6 is 0 Å². The number of carbonyl (C=O) groups excluding carboxylic acids is 1. The quantitative estimate of drug-likeness (QED) is 0.616. The number of anilines is 1. The highest BCUT2D eigenvalue weighted by atomic mass is 16.6. The van der Waals surface area contributed by atoms with Crippen molar-refractivity contribution in [1.82, 2.24) is 10.4 Å². The predicted octanol–water partition coefficient (Wildman–Crippen LogP) is 1.51. The molecule has 108 valence electrons. The second kappa shape index (κ2) is 6.85.